The predicted octanol–water partition coefficient (Wildman–Crippen LogP) is 5.10. The van der Waals surface area contributed by atoms with E-state index in [1.54, 1.807) is 30.9 Å². The van der Waals surface area contributed by atoms with Crippen LogP contribution in [0.2, 0.25) is 5.02 Å². The number of halogens is 4. The van der Waals surface area contributed by atoms with Crippen molar-refractivity contribution in [3.8, 4) is 0 Å². The Hall–Kier alpha value is -2.84. The SMILES string of the molecule is Cc1nc2n(c(=O)c1C)CN(Cc1ccccc1Cl)CN2c1cccc(C(F)(F)F)c1. The van der Waals surface area contributed by atoms with E-state index in [1.807, 2.05) is 23.1 Å². The summed E-state index contributed by atoms with van der Waals surface area (Å²) in [6.07, 6.45) is -4.47. The van der Waals surface area contributed by atoms with Crippen LogP contribution in [0.5, 0.6) is 0 Å². The van der Waals surface area contributed by atoms with Crippen LogP contribution in [0.4, 0.5) is 24.8 Å². The standard InChI is InChI=1S/C22H20ClF3N4O/c1-14-15(2)27-21-29(18-8-5-7-17(10-18)22(24,25)26)12-28(13-30(21)20(14)31)11-16-6-3-4-9-19(16)23/h3-10H,11-13H2,1-2H3. The number of hydrogen-bond acceptors (Lipinski definition) is 4. The number of hydrogen-bond donors (Lipinski definition) is 0. The largest absolute Gasteiger partial charge is 0.416 e. The summed E-state index contributed by atoms with van der Waals surface area (Å²) >= 11 is 6.30. The lowest BCUT2D eigenvalue weighted by Crippen LogP contribution is -2.47. The molecule has 4 rings (SSSR count). The highest BCUT2D eigenvalue weighted by atomic mass is 35.5. The fourth-order valence-electron chi connectivity index (χ4n) is 3.60. The Kier molecular flexibility index (Phi) is 5.53. The van der Waals surface area contributed by atoms with Gasteiger partial charge in [0.2, 0.25) is 5.95 Å². The highest BCUT2D eigenvalue weighted by Gasteiger charge is 2.33. The van der Waals surface area contributed by atoms with Crippen LogP contribution in [0.1, 0.15) is 22.4 Å². The highest BCUT2D eigenvalue weighted by molar-refractivity contribution is 6.31. The van der Waals surface area contributed by atoms with Crippen molar-refractivity contribution in [3.05, 3.63) is 86.3 Å². The predicted molar refractivity (Wildman–Crippen MR) is 113 cm³/mol. The van der Waals surface area contributed by atoms with Gasteiger partial charge in [0.05, 0.1) is 18.9 Å². The lowest BCUT2D eigenvalue weighted by molar-refractivity contribution is -0.137. The molecule has 0 amide bonds. The highest BCUT2D eigenvalue weighted by Crippen LogP contribution is 2.34. The smallest absolute Gasteiger partial charge is 0.298 e. The van der Waals surface area contributed by atoms with Gasteiger partial charge in [-0.2, -0.15) is 13.2 Å². The fourth-order valence-corrected chi connectivity index (χ4v) is 3.79. The second-order valence-corrected chi connectivity index (χ2v) is 7.94. The number of aromatic nitrogens is 2. The van der Waals surface area contributed by atoms with Gasteiger partial charge in [-0.15, -0.1) is 0 Å². The van der Waals surface area contributed by atoms with E-state index in [1.165, 1.54) is 10.6 Å². The maximum absolute atomic E-state index is 13.3. The van der Waals surface area contributed by atoms with E-state index < -0.39 is 11.7 Å². The van der Waals surface area contributed by atoms with E-state index in [2.05, 4.69) is 4.98 Å². The van der Waals surface area contributed by atoms with Crippen LogP contribution < -0.4 is 10.5 Å². The molecule has 31 heavy (non-hydrogen) atoms. The van der Waals surface area contributed by atoms with Gasteiger partial charge in [0.15, 0.2) is 0 Å². The molecular formula is C22H20ClF3N4O. The molecular weight excluding hydrogens is 429 g/mol. The second-order valence-electron chi connectivity index (χ2n) is 7.53. The molecule has 0 N–H and O–H groups in total. The molecule has 0 atom stereocenters. The van der Waals surface area contributed by atoms with Crippen molar-refractivity contribution in [3.63, 3.8) is 0 Å². The van der Waals surface area contributed by atoms with Gasteiger partial charge in [0.1, 0.15) is 0 Å². The minimum absolute atomic E-state index is 0.219. The number of benzene rings is 2. The van der Waals surface area contributed by atoms with E-state index in [0.717, 1.165) is 17.7 Å². The Balaban J connectivity index is 1.81. The first-order valence-electron chi connectivity index (χ1n) is 9.64. The summed E-state index contributed by atoms with van der Waals surface area (Å²) in [4.78, 5) is 21.1. The fraction of sp³-hybridized carbons (Fsp3) is 0.273. The summed E-state index contributed by atoms with van der Waals surface area (Å²) < 4.78 is 41.4. The van der Waals surface area contributed by atoms with Gasteiger partial charge in [-0.3, -0.25) is 19.2 Å². The third-order valence-electron chi connectivity index (χ3n) is 5.38. The molecule has 5 nitrogen and oxygen atoms in total. The van der Waals surface area contributed by atoms with Crippen molar-refractivity contribution in [2.45, 2.75) is 33.2 Å². The van der Waals surface area contributed by atoms with Crippen molar-refractivity contribution in [2.24, 2.45) is 0 Å². The zero-order chi connectivity index (χ0) is 22.3. The summed E-state index contributed by atoms with van der Waals surface area (Å²) in [5.74, 6) is 0.322. The van der Waals surface area contributed by atoms with E-state index in [0.29, 0.717) is 34.5 Å². The summed E-state index contributed by atoms with van der Waals surface area (Å²) in [5.41, 5.74) is 1.25. The Labute approximate surface area is 182 Å². The quantitative estimate of drug-likeness (QED) is 0.559. The molecule has 2 heterocycles. The minimum atomic E-state index is -4.47. The number of alkyl halides is 3. The minimum Gasteiger partial charge on any atom is -0.298 e. The van der Waals surface area contributed by atoms with Gasteiger partial charge in [-0.25, -0.2) is 4.98 Å². The lowest BCUT2D eigenvalue weighted by Gasteiger charge is -2.38. The van der Waals surface area contributed by atoms with Crippen LogP contribution in [0, 0.1) is 13.8 Å². The maximum atomic E-state index is 13.3. The molecule has 0 radical (unpaired) electrons. The number of rotatable bonds is 3. The topological polar surface area (TPSA) is 41.4 Å². The zero-order valence-electron chi connectivity index (χ0n) is 16.9. The number of fused-ring (bicyclic) bond motifs is 1. The van der Waals surface area contributed by atoms with Gasteiger partial charge in [0, 0.05) is 28.5 Å². The molecule has 2 aromatic carbocycles. The molecule has 0 aliphatic carbocycles. The van der Waals surface area contributed by atoms with E-state index >= 15 is 0 Å². The van der Waals surface area contributed by atoms with Crippen molar-refractivity contribution < 1.29 is 13.2 Å². The third kappa shape index (κ3) is 4.18. The molecule has 1 aliphatic rings. The first-order valence-corrected chi connectivity index (χ1v) is 10.0. The third-order valence-corrected chi connectivity index (χ3v) is 5.75. The lowest BCUT2D eigenvalue weighted by atomic mass is 10.1. The van der Waals surface area contributed by atoms with Crippen LogP contribution in [0.25, 0.3) is 0 Å². The number of nitrogens with zero attached hydrogens (tertiary/aromatic N) is 4. The Morgan fingerprint density at radius 3 is 2.52 bits per heavy atom. The maximum Gasteiger partial charge on any atom is 0.416 e. The monoisotopic (exact) mass is 448 g/mol. The van der Waals surface area contributed by atoms with Crippen LogP contribution in [-0.4, -0.2) is 21.1 Å². The molecule has 0 unspecified atom stereocenters. The van der Waals surface area contributed by atoms with E-state index in [4.69, 9.17) is 11.6 Å². The summed E-state index contributed by atoms with van der Waals surface area (Å²) in [6, 6.07) is 12.4. The van der Waals surface area contributed by atoms with Crippen LogP contribution >= 0.6 is 11.6 Å². The number of aryl methyl sites for hydroxylation is 1. The van der Waals surface area contributed by atoms with Crippen LogP contribution in [0.15, 0.2) is 53.3 Å². The average molecular weight is 449 g/mol. The summed E-state index contributed by atoms with van der Waals surface area (Å²) in [6.45, 7) is 4.34. The molecule has 1 aromatic heterocycles. The molecule has 0 bridgehead atoms. The van der Waals surface area contributed by atoms with Crippen molar-refractivity contribution in [1.29, 1.82) is 0 Å². The molecule has 0 spiro atoms. The summed E-state index contributed by atoms with van der Waals surface area (Å²) in [5, 5.41) is 0.587. The first kappa shape index (κ1) is 21.4. The van der Waals surface area contributed by atoms with E-state index in [-0.39, 0.29) is 18.9 Å². The first-order chi connectivity index (χ1) is 14.6. The Morgan fingerprint density at radius 2 is 1.81 bits per heavy atom. The number of anilines is 2. The normalized spacial score (nSPS) is 14.6. The molecule has 0 saturated carbocycles. The van der Waals surface area contributed by atoms with Gasteiger partial charge < -0.3 is 0 Å². The van der Waals surface area contributed by atoms with Gasteiger partial charge in [-0.1, -0.05) is 35.9 Å². The van der Waals surface area contributed by atoms with Crippen molar-refractivity contribution in [2.75, 3.05) is 11.6 Å². The average Bonchev–Trinajstić information content (AvgIpc) is 2.73. The van der Waals surface area contributed by atoms with Crippen molar-refractivity contribution >= 4 is 23.2 Å². The summed E-state index contributed by atoms with van der Waals surface area (Å²) in [7, 11) is 0. The molecule has 0 fully saturated rings. The van der Waals surface area contributed by atoms with E-state index in [9.17, 15) is 18.0 Å². The molecule has 9 heteroatoms. The van der Waals surface area contributed by atoms with Crippen LogP contribution in [0.3, 0.4) is 0 Å². The second kappa shape index (κ2) is 8.01. The van der Waals surface area contributed by atoms with Crippen molar-refractivity contribution in [1.82, 2.24) is 14.5 Å². The van der Waals surface area contributed by atoms with Crippen LogP contribution in [-0.2, 0) is 19.4 Å². The zero-order valence-corrected chi connectivity index (χ0v) is 17.7. The molecule has 0 saturated heterocycles. The Bertz CT molecular complexity index is 1190. The molecule has 1 aliphatic heterocycles. The van der Waals surface area contributed by atoms with Gasteiger partial charge in [0.25, 0.3) is 5.56 Å². The van der Waals surface area contributed by atoms with Gasteiger partial charge >= 0.3 is 6.18 Å². The molecule has 162 valence electrons. The van der Waals surface area contributed by atoms with Gasteiger partial charge in [-0.05, 0) is 43.7 Å². The Morgan fingerprint density at radius 1 is 1.06 bits per heavy atom. The molecule has 3 aromatic rings.